The summed E-state index contributed by atoms with van der Waals surface area (Å²) in [6, 6.07) is 11.8. The van der Waals surface area contributed by atoms with Crippen molar-refractivity contribution in [3.8, 4) is 5.75 Å². The average Bonchev–Trinajstić information content (AvgIpc) is 3.00. The molecular formula is C19H19F3N2O4S. The van der Waals surface area contributed by atoms with Crippen LogP contribution in [-0.2, 0) is 16.6 Å². The third-order valence-corrected chi connectivity index (χ3v) is 6.30. The van der Waals surface area contributed by atoms with Gasteiger partial charge in [0.2, 0.25) is 10.0 Å². The van der Waals surface area contributed by atoms with E-state index in [-0.39, 0.29) is 29.2 Å². The summed E-state index contributed by atoms with van der Waals surface area (Å²) in [5.41, 5.74) is 0.822. The number of amides is 1. The quantitative estimate of drug-likeness (QED) is 0.732. The number of hydrogen-bond donors (Lipinski definition) is 0. The van der Waals surface area contributed by atoms with Gasteiger partial charge in [-0.2, -0.15) is 0 Å². The van der Waals surface area contributed by atoms with E-state index in [2.05, 4.69) is 4.74 Å². The molecule has 1 saturated heterocycles. The number of alkyl halides is 3. The lowest BCUT2D eigenvalue weighted by Crippen LogP contribution is -2.28. The molecule has 0 aromatic heterocycles. The maximum absolute atomic E-state index is 12.8. The zero-order valence-corrected chi connectivity index (χ0v) is 16.3. The van der Waals surface area contributed by atoms with Gasteiger partial charge in [-0.05, 0) is 30.7 Å². The van der Waals surface area contributed by atoms with Gasteiger partial charge in [0.15, 0.2) is 0 Å². The molecule has 2 aromatic carbocycles. The predicted octanol–water partition coefficient (Wildman–Crippen LogP) is 3.40. The van der Waals surface area contributed by atoms with Crippen molar-refractivity contribution in [1.29, 1.82) is 0 Å². The third-order valence-electron chi connectivity index (χ3n) is 4.43. The fourth-order valence-corrected chi connectivity index (χ4v) is 4.69. The maximum Gasteiger partial charge on any atom is 0.573 e. The van der Waals surface area contributed by atoms with Crippen LogP contribution in [0.25, 0.3) is 0 Å². The first-order valence-corrected chi connectivity index (χ1v) is 10.4. The number of rotatable bonds is 5. The van der Waals surface area contributed by atoms with Gasteiger partial charge in [-0.25, -0.2) is 8.42 Å². The van der Waals surface area contributed by atoms with E-state index in [4.69, 9.17) is 0 Å². The van der Waals surface area contributed by atoms with Crippen LogP contribution in [-0.4, -0.2) is 44.9 Å². The highest BCUT2D eigenvalue weighted by Crippen LogP contribution is 2.28. The van der Waals surface area contributed by atoms with Crippen LogP contribution in [0.1, 0.15) is 22.3 Å². The average molecular weight is 428 g/mol. The fraction of sp³-hybridized carbons (Fsp3) is 0.316. The Bertz CT molecular complexity index is 1010. The molecule has 156 valence electrons. The minimum Gasteiger partial charge on any atom is -0.405 e. The van der Waals surface area contributed by atoms with Crippen LogP contribution < -0.4 is 9.04 Å². The Morgan fingerprint density at radius 1 is 1.17 bits per heavy atom. The first-order valence-electron chi connectivity index (χ1n) is 8.76. The number of anilines is 1. The molecule has 0 radical (unpaired) electrons. The van der Waals surface area contributed by atoms with Gasteiger partial charge in [-0.15, -0.1) is 13.2 Å². The summed E-state index contributed by atoms with van der Waals surface area (Å²) in [5.74, 6) is -0.775. The molecule has 0 aliphatic carbocycles. The molecule has 0 atom stereocenters. The Morgan fingerprint density at radius 2 is 1.90 bits per heavy atom. The van der Waals surface area contributed by atoms with Gasteiger partial charge < -0.3 is 9.64 Å². The number of ether oxygens (including phenoxy) is 1. The Morgan fingerprint density at radius 3 is 2.55 bits per heavy atom. The summed E-state index contributed by atoms with van der Waals surface area (Å²) >= 11 is 0. The van der Waals surface area contributed by atoms with Gasteiger partial charge in [0, 0.05) is 31.3 Å². The molecule has 0 bridgehead atoms. The van der Waals surface area contributed by atoms with E-state index < -0.39 is 22.3 Å². The molecule has 0 saturated carbocycles. The van der Waals surface area contributed by atoms with E-state index in [0.29, 0.717) is 18.7 Å². The summed E-state index contributed by atoms with van der Waals surface area (Å²) in [4.78, 5) is 14.0. The summed E-state index contributed by atoms with van der Waals surface area (Å²) in [7, 11) is -1.94. The normalized spacial score (nSPS) is 15.9. The fourth-order valence-electron chi connectivity index (χ4n) is 3.13. The van der Waals surface area contributed by atoms with Crippen molar-refractivity contribution in [2.45, 2.75) is 19.3 Å². The van der Waals surface area contributed by atoms with Crippen molar-refractivity contribution in [3.05, 3.63) is 59.7 Å². The highest BCUT2D eigenvalue weighted by molar-refractivity contribution is 7.93. The second-order valence-electron chi connectivity index (χ2n) is 6.61. The molecular weight excluding hydrogens is 409 g/mol. The molecule has 0 unspecified atom stereocenters. The molecule has 2 aromatic rings. The molecule has 1 aliphatic heterocycles. The number of sulfonamides is 1. The number of carbonyl (C=O) groups is 1. The molecule has 29 heavy (non-hydrogen) atoms. The van der Waals surface area contributed by atoms with Crippen molar-refractivity contribution < 1.29 is 31.1 Å². The van der Waals surface area contributed by atoms with Crippen LogP contribution in [0.5, 0.6) is 5.75 Å². The Hall–Kier alpha value is -2.75. The summed E-state index contributed by atoms with van der Waals surface area (Å²) in [6.07, 6.45) is -4.33. The number of halogens is 3. The molecule has 0 spiro atoms. The summed E-state index contributed by atoms with van der Waals surface area (Å²) in [5, 5.41) is 0. The van der Waals surface area contributed by atoms with Crippen molar-refractivity contribution in [1.82, 2.24) is 4.90 Å². The van der Waals surface area contributed by atoms with E-state index in [1.54, 1.807) is 18.2 Å². The topological polar surface area (TPSA) is 66.9 Å². The van der Waals surface area contributed by atoms with E-state index >= 15 is 0 Å². The third kappa shape index (κ3) is 5.00. The first-order chi connectivity index (χ1) is 13.6. The molecule has 1 aliphatic rings. The lowest BCUT2D eigenvalue weighted by Gasteiger charge is -2.21. The van der Waals surface area contributed by atoms with Crippen LogP contribution in [0.2, 0.25) is 0 Å². The lowest BCUT2D eigenvalue weighted by molar-refractivity contribution is -0.275. The number of nitrogens with zero attached hydrogens (tertiary/aromatic N) is 2. The molecule has 1 fully saturated rings. The van der Waals surface area contributed by atoms with E-state index in [1.165, 1.54) is 46.6 Å². The molecule has 10 heteroatoms. The number of hydrogen-bond acceptors (Lipinski definition) is 4. The largest absolute Gasteiger partial charge is 0.573 e. The SMILES string of the molecule is CN(Cc1ccccc1OC(F)(F)F)C(=O)c1cccc(N2CCCS2(=O)=O)c1. The van der Waals surface area contributed by atoms with Gasteiger partial charge in [-0.3, -0.25) is 9.10 Å². The number of carbonyl (C=O) groups excluding carboxylic acids is 1. The standard InChI is InChI=1S/C19H19F3N2O4S/c1-23(13-15-6-2-3-9-17(15)28-19(20,21)22)18(25)14-7-4-8-16(12-14)24-10-5-11-29(24,26)27/h2-4,6-9,12H,5,10-11,13H2,1H3. The number of benzene rings is 2. The van der Waals surface area contributed by atoms with E-state index in [0.717, 1.165) is 0 Å². The summed E-state index contributed by atoms with van der Waals surface area (Å²) < 4.78 is 67.2. The smallest absolute Gasteiger partial charge is 0.405 e. The molecule has 1 heterocycles. The maximum atomic E-state index is 12.8. The Balaban J connectivity index is 1.79. The minimum atomic E-state index is -4.84. The number of para-hydroxylation sites is 1. The first kappa shape index (κ1) is 21.0. The predicted molar refractivity (Wildman–Crippen MR) is 101 cm³/mol. The van der Waals surface area contributed by atoms with Gasteiger partial charge in [0.05, 0.1) is 11.4 Å². The van der Waals surface area contributed by atoms with Crippen molar-refractivity contribution in [2.75, 3.05) is 23.7 Å². The highest BCUT2D eigenvalue weighted by Gasteiger charge is 2.32. The monoisotopic (exact) mass is 428 g/mol. The highest BCUT2D eigenvalue weighted by atomic mass is 32.2. The minimum absolute atomic E-state index is 0.0566. The van der Waals surface area contributed by atoms with Crippen molar-refractivity contribution in [2.24, 2.45) is 0 Å². The van der Waals surface area contributed by atoms with E-state index in [9.17, 15) is 26.4 Å². The zero-order chi connectivity index (χ0) is 21.2. The molecule has 1 amide bonds. The Kier molecular flexibility index (Phi) is 5.74. The van der Waals surface area contributed by atoms with Gasteiger partial charge in [0.1, 0.15) is 5.75 Å². The van der Waals surface area contributed by atoms with Crippen LogP contribution in [0.3, 0.4) is 0 Å². The lowest BCUT2D eigenvalue weighted by atomic mass is 10.1. The molecule has 3 rings (SSSR count). The molecule has 0 N–H and O–H groups in total. The van der Waals surface area contributed by atoms with Crippen molar-refractivity contribution in [3.63, 3.8) is 0 Å². The summed E-state index contributed by atoms with van der Waals surface area (Å²) in [6.45, 7) is 0.231. The van der Waals surface area contributed by atoms with Gasteiger partial charge >= 0.3 is 6.36 Å². The van der Waals surface area contributed by atoms with Crippen LogP contribution in [0, 0.1) is 0 Å². The van der Waals surface area contributed by atoms with Crippen LogP contribution >= 0.6 is 0 Å². The van der Waals surface area contributed by atoms with Gasteiger partial charge in [-0.1, -0.05) is 24.3 Å². The second kappa shape index (κ2) is 7.94. The second-order valence-corrected chi connectivity index (χ2v) is 8.62. The van der Waals surface area contributed by atoms with Gasteiger partial charge in [0.25, 0.3) is 5.91 Å². The van der Waals surface area contributed by atoms with E-state index in [1.807, 2.05) is 0 Å². The molecule has 6 nitrogen and oxygen atoms in total. The van der Waals surface area contributed by atoms with Crippen molar-refractivity contribution >= 4 is 21.6 Å². The van der Waals surface area contributed by atoms with Crippen LogP contribution in [0.15, 0.2) is 48.5 Å². The Labute approximate surface area is 166 Å². The van der Waals surface area contributed by atoms with Crippen LogP contribution in [0.4, 0.5) is 18.9 Å². The zero-order valence-electron chi connectivity index (χ0n) is 15.5.